The molecule has 0 aromatic rings. The van der Waals surface area contributed by atoms with Crippen molar-refractivity contribution in [2.75, 3.05) is 119 Å². The number of hydrogen-bond donors (Lipinski definition) is 1. The second-order valence-electron chi connectivity index (χ2n) is 7.33. The maximum absolute atomic E-state index is 9.27. The topological polar surface area (TPSA) is 103 Å². The van der Waals surface area contributed by atoms with E-state index in [1.807, 2.05) is 0 Å². The maximum atomic E-state index is 9.27. The molecule has 1 rings (SSSR count). The van der Waals surface area contributed by atoms with Gasteiger partial charge >= 0.3 is 0 Å². The van der Waals surface area contributed by atoms with Crippen molar-refractivity contribution < 1.29 is 47.7 Å². The van der Waals surface area contributed by atoms with Gasteiger partial charge < -0.3 is 47.7 Å². The SMILES string of the molecule is CCCCOCC1(OCCO)COCCOCCOCCOCCOCCOCCOC1. The van der Waals surface area contributed by atoms with Crippen molar-refractivity contribution in [2.45, 2.75) is 25.4 Å². The van der Waals surface area contributed by atoms with Gasteiger partial charge in [-0.05, 0) is 6.42 Å². The monoisotopic (exact) mass is 468 g/mol. The average molecular weight is 469 g/mol. The van der Waals surface area contributed by atoms with Crippen LogP contribution in [0.4, 0.5) is 0 Å². The van der Waals surface area contributed by atoms with Crippen LogP contribution >= 0.6 is 0 Å². The van der Waals surface area contributed by atoms with Crippen molar-refractivity contribution in [1.29, 1.82) is 0 Å². The van der Waals surface area contributed by atoms with Crippen molar-refractivity contribution in [3.8, 4) is 0 Å². The number of aliphatic hydroxyl groups is 1. The molecule has 0 aromatic carbocycles. The zero-order valence-electron chi connectivity index (χ0n) is 19.8. The fourth-order valence-electron chi connectivity index (χ4n) is 2.75. The normalized spacial score (nSPS) is 21.9. The molecule has 0 aromatic heterocycles. The average Bonchev–Trinajstić information content (AvgIpc) is 2.80. The summed E-state index contributed by atoms with van der Waals surface area (Å²) in [6.45, 7) is 9.46. The summed E-state index contributed by atoms with van der Waals surface area (Å²) in [5.74, 6) is 0. The molecule has 10 heteroatoms. The Morgan fingerprint density at radius 1 is 0.625 bits per heavy atom. The number of unbranched alkanes of at least 4 members (excludes halogenated alkanes) is 1. The minimum Gasteiger partial charge on any atom is -0.394 e. The van der Waals surface area contributed by atoms with Gasteiger partial charge in [0.15, 0.2) is 0 Å². The van der Waals surface area contributed by atoms with Crippen LogP contribution in [0.15, 0.2) is 0 Å². The van der Waals surface area contributed by atoms with Crippen LogP contribution in [0.5, 0.6) is 0 Å². The van der Waals surface area contributed by atoms with Crippen LogP contribution in [0.25, 0.3) is 0 Å². The van der Waals surface area contributed by atoms with Crippen LogP contribution in [-0.2, 0) is 42.6 Å². The van der Waals surface area contributed by atoms with Crippen LogP contribution in [0, 0.1) is 0 Å². The van der Waals surface area contributed by atoms with E-state index in [0.29, 0.717) is 92.5 Å². The highest BCUT2D eigenvalue weighted by Gasteiger charge is 2.33. The lowest BCUT2D eigenvalue weighted by atomic mass is 10.1. The minimum absolute atomic E-state index is 0.0893. The summed E-state index contributed by atoms with van der Waals surface area (Å²) in [5.41, 5.74) is -0.806. The van der Waals surface area contributed by atoms with E-state index in [0.717, 1.165) is 12.8 Å². The molecular formula is C22H44O10. The highest BCUT2D eigenvalue weighted by atomic mass is 16.6. The summed E-state index contributed by atoms with van der Waals surface area (Å²) in [7, 11) is 0. The summed E-state index contributed by atoms with van der Waals surface area (Å²) in [4.78, 5) is 0. The molecule has 1 fully saturated rings. The van der Waals surface area contributed by atoms with Crippen LogP contribution < -0.4 is 0 Å². The van der Waals surface area contributed by atoms with Crippen molar-refractivity contribution in [3.63, 3.8) is 0 Å². The van der Waals surface area contributed by atoms with Crippen LogP contribution in [0.2, 0.25) is 0 Å². The van der Waals surface area contributed by atoms with Crippen LogP contribution in [-0.4, -0.2) is 130 Å². The Kier molecular flexibility index (Phi) is 20.7. The molecule has 1 heterocycles. The molecule has 0 radical (unpaired) electrons. The Bertz CT molecular complexity index is 364. The van der Waals surface area contributed by atoms with E-state index < -0.39 is 5.60 Å². The van der Waals surface area contributed by atoms with Gasteiger partial charge in [0.05, 0.1) is 112 Å². The van der Waals surface area contributed by atoms with Gasteiger partial charge in [0.2, 0.25) is 0 Å². The Hall–Kier alpha value is -0.400. The summed E-state index contributed by atoms with van der Waals surface area (Å²) < 4.78 is 50.8. The van der Waals surface area contributed by atoms with E-state index in [-0.39, 0.29) is 26.4 Å². The highest BCUT2D eigenvalue weighted by Crippen LogP contribution is 2.15. The predicted octanol–water partition coefficient (Wildman–Crippen LogP) is 0.681. The van der Waals surface area contributed by atoms with Crippen molar-refractivity contribution in [2.24, 2.45) is 0 Å². The van der Waals surface area contributed by atoms with Crippen molar-refractivity contribution >= 4 is 0 Å². The standard InChI is InChI=1S/C22H44O10/c1-2-3-5-29-19-22(32-6-4-23)20-30-17-15-27-13-11-25-9-7-24-8-10-26-12-14-28-16-18-31-21-22/h23H,2-21H2,1H3. The molecule has 0 amide bonds. The molecule has 192 valence electrons. The first-order valence-electron chi connectivity index (χ1n) is 11.7. The zero-order valence-corrected chi connectivity index (χ0v) is 19.8. The predicted molar refractivity (Wildman–Crippen MR) is 117 cm³/mol. The largest absolute Gasteiger partial charge is 0.394 e. The smallest absolute Gasteiger partial charge is 0.138 e. The Balaban J connectivity index is 2.52. The van der Waals surface area contributed by atoms with E-state index in [1.54, 1.807) is 0 Å². The molecule has 0 bridgehead atoms. The fourth-order valence-corrected chi connectivity index (χ4v) is 2.75. The lowest BCUT2D eigenvalue weighted by molar-refractivity contribution is -0.174. The third-order valence-electron chi connectivity index (χ3n) is 4.47. The summed E-state index contributed by atoms with van der Waals surface area (Å²) in [5, 5.41) is 9.27. The van der Waals surface area contributed by atoms with Gasteiger partial charge in [0.25, 0.3) is 0 Å². The lowest BCUT2D eigenvalue weighted by Crippen LogP contribution is -2.48. The van der Waals surface area contributed by atoms with Crippen molar-refractivity contribution in [3.05, 3.63) is 0 Å². The number of aliphatic hydroxyl groups excluding tert-OH is 1. The van der Waals surface area contributed by atoms with Gasteiger partial charge in [-0.2, -0.15) is 0 Å². The molecule has 0 saturated carbocycles. The second-order valence-corrected chi connectivity index (χ2v) is 7.33. The molecule has 0 spiro atoms. The third kappa shape index (κ3) is 17.1. The van der Waals surface area contributed by atoms with Gasteiger partial charge in [-0.3, -0.25) is 0 Å². The van der Waals surface area contributed by atoms with E-state index in [2.05, 4.69) is 6.92 Å². The Labute approximate surface area is 192 Å². The second kappa shape index (κ2) is 22.4. The molecule has 1 N–H and O–H groups in total. The molecule has 32 heavy (non-hydrogen) atoms. The molecule has 0 unspecified atom stereocenters. The van der Waals surface area contributed by atoms with Gasteiger partial charge in [0.1, 0.15) is 5.60 Å². The van der Waals surface area contributed by atoms with E-state index >= 15 is 0 Å². The van der Waals surface area contributed by atoms with Crippen LogP contribution in [0.1, 0.15) is 19.8 Å². The molecule has 0 atom stereocenters. The summed E-state index contributed by atoms with van der Waals surface area (Å²) in [6, 6.07) is 0. The summed E-state index contributed by atoms with van der Waals surface area (Å²) >= 11 is 0. The number of rotatable bonds is 8. The van der Waals surface area contributed by atoms with Gasteiger partial charge in [0, 0.05) is 6.61 Å². The molecule has 10 nitrogen and oxygen atoms in total. The van der Waals surface area contributed by atoms with Gasteiger partial charge in [-0.25, -0.2) is 0 Å². The first-order valence-corrected chi connectivity index (χ1v) is 11.7. The molecule has 0 aliphatic carbocycles. The minimum atomic E-state index is -0.806. The quantitative estimate of drug-likeness (QED) is 0.512. The number of ether oxygens (including phenoxy) is 9. The molecule has 1 aliphatic heterocycles. The molecular weight excluding hydrogens is 424 g/mol. The Morgan fingerprint density at radius 2 is 1.03 bits per heavy atom. The van der Waals surface area contributed by atoms with Gasteiger partial charge in [-0.15, -0.1) is 0 Å². The highest BCUT2D eigenvalue weighted by molar-refractivity contribution is 4.81. The van der Waals surface area contributed by atoms with E-state index in [4.69, 9.17) is 42.6 Å². The van der Waals surface area contributed by atoms with E-state index in [1.165, 1.54) is 0 Å². The third-order valence-corrected chi connectivity index (χ3v) is 4.47. The summed E-state index contributed by atoms with van der Waals surface area (Å²) in [6.07, 6.45) is 2.02. The van der Waals surface area contributed by atoms with Crippen LogP contribution in [0.3, 0.4) is 0 Å². The fraction of sp³-hybridized carbons (Fsp3) is 1.00. The number of hydrogen-bond acceptors (Lipinski definition) is 10. The van der Waals surface area contributed by atoms with Gasteiger partial charge in [-0.1, -0.05) is 13.3 Å². The first kappa shape index (κ1) is 29.6. The first-order chi connectivity index (χ1) is 15.8. The maximum Gasteiger partial charge on any atom is 0.138 e. The molecule has 1 saturated heterocycles. The Morgan fingerprint density at radius 3 is 1.41 bits per heavy atom. The molecule has 1 aliphatic rings. The van der Waals surface area contributed by atoms with E-state index in [9.17, 15) is 5.11 Å². The zero-order chi connectivity index (χ0) is 23.0. The van der Waals surface area contributed by atoms with Crippen molar-refractivity contribution in [1.82, 2.24) is 0 Å². The lowest BCUT2D eigenvalue weighted by Gasteiger charge is -2.33.